The summed E-state index contributed by atoms with van der Waals surface area (Å²) >= 11 is 0. The van der Waals surface area contributed by atoms with E-state index in [2.05, 4.69) is 17.6 Å². The molecule has 1 aliphatic carbocycles. The van der Waals surface area contributed by atoms with E-state index in [-0.39, 0.29) is 29.7 Å². The molecule has 1 saturated carbocycles. The maximum Gasteiger partial charge on any atom is 0.253 e. The van der Waals surface area contributed by atoms with Crippen molar-refractivity contribution < 1.29 is 14.4 Å². The third-order valence-corrected chi connectivity index (χ3v) is 6.00. The fourth-order valence-electron chi connectivity index (χ4n) is 3.89. The lowest BCUT2D eigenvalue weighted by Crippen LogP contribution is -2.46. The average molecular weight is 405 g/mol. The Kier molecular flexibility index (Phi) is 5.84. The van der Waals surface area contributed by atoms with E-state index in [9.17, 15) is 14.4 Å². The van der Waals surface area contributed by atoms with Crippen LogP contribution in [0.3, 0.4) is 0 Å². The third kappa shape index (κ3) is 4.70. The summed E-state index contributed by atoms with van der Waals surface area (Å²) in [6.45, 7) is 3.29. The molecule has 2 fully saturated rings. The predicted octanol–water partition coefficient (Wildman–Crippen LogP) is 3.32. The van der Waals surface area contributed by atoms with Crippen molar-refractivity contribution in [1.29, 1.82) is 0 Å². The molecule has 2 aromatic carbocycles. The molecule has 2 aromatic rings. The topological polar surface area (TPSA) is 78.5 Å². The number of carbonyl (C=O) groups excluding carboxylic acids is 3. The number of hydrogen-bond donors (Lipinski definition) is 2. The van der Waals surface area contributed by atoms with Crippen molar-refractivity contribution in [2.75, 3.05) is 18.4 Å². The number of likely N-dealkylation sites (tertiary alicyclic amines) is 1. The van der Waals surface area contributed by atoms with Gasteiger partial charge in [0.1, 0.15) is 0 Å². The molecule has 2 unspecified atom stereocenters. The van der Waals surface area contributed by atoms with Gasteiger partial charge in [-0.15, -0.1) is 0 Å². The fraction of sp³-hybridized carbons (Fsp3) is 0.375. The van der Waals surface area contributed by atoms with E-state index >= 15 is 0 Å². The van der Waals surface area contributed by atoms with Gasteiger partial charge in [0.05, 0.1) is 0 Å². The smallest absolute Gasteiger partial charge is 0.253 e. The van der Waals surface area contributed by atoms with Crippen LogP contribution in [0, 0.1) is 11.8 Å². The zero-order valence-corrected chi connectivity index (χ0v) is 17.1. The zero-order chi connectivity index (χ0) is 21.1. The molecular formula is C24H27N3O3. The van der Waals surface area contributed by atoms with E-state index in [0.717, 1.165) is 24.9 Å². The zero-order valence-electron chi connectivity index (χ0n) is 17.1. The van der Waals surface area contributed by atoms with E-state index in [1.165, 1.54) is 0 Å². The Hall–Kier alpha value is -3.15. The number of nitrogens with zero attached hydrogens (tertiary/aromatic N) is 1. The first-order valence-electron chi connectivity index (χ1n) is 10.6. The summed E-state index contributed by atoms with van der Waals surface area (Å²) in [4.78, 5) is 39.0. The van der Waals surface area contributed by atoms with Crippen LogP contribution in [0.2, 0.25) is 0 Å². The second-order valence-electron chi connectivity index (χ2n) is 8.29. The van der Waals surface area contributed by atoms with Crippen LogP contribution in [0.1, 0.15) is 46.9 Å². The maximum atomic E-state index is 12.8. The Labute approximate surface area is 176 Å². The van der Waals surface area contributed by atoms with Crippen LogP contribution in [0.5, 0.6) is 0 Å². The molecule has 0 radical (unpaired) electrons. The van der Waals surface area contributed by atoms with Crippen LogP contribution in [0.25, 0.3) is 0 Å². The number of anilines is 1. The molecule has 156 valence electrons. The Morgan fingerprint density at radius 3 is 2.13 bits per heavy atom. The van der Waals surface area contributed by atoms with Crippen LogP contribution in [0.15, 0.2) is 54.6 Å². The van der Waals surface area contributed by atoms with Crippen LogP contribution >= 0.6 is 0 Å². The van der Waals surface area contributed by atoms with Gasteiger partial charge < -0.3 is 15.5 Å². The fourth-order valence-corrected chi connectivity index (χ4v) is 3.89. The monoisotopic (exact) mass is 405 g/mol. The van der Waals surface area contributed by atoms with Gasteiger partial charge in [-0.25, -0.2) is 0 Å². The van der Waals surface area contributed by atoms with Crippen LogP contribution in [-0.4, -0.2) is 41.8 Å². The molecule has 4 rings (SSSR count). The summed E-state index contributed by atoms with van der Waals surface area (Å²) in [5.41, 5.74) is 1.98. The van der Waals surface area contributed by atoms with Gasteiger partial charge in [0.25, 0.3) is 11.8 Å². The lowest BCUT2D eigenvalue weighted by Gasteiger charge is -2.32. The molecule has 0 spiro atoms. The molecule has 0 bridgehead atoms. The number of amides is 3. The summed E-state index contributed by atoms with van der Waals surface area (Å²) in [5, 5.41) is 5.97. The first-order chi connectivity index (χ1) is 14.5. The van der Waals surface area contributed by atoms with Crippen molar-refractivity contribution in [2.45, 2.75) is 32.2 Å². The second-order valence-corrected chi connectivity index (χ2v) is 8.29. The van der Waals surface area contributed by atoms with Gasteiger partial charge in [-0.1, -0.05) is 25.1 Å². The van der Waals surface area contributed by atoms with Crippen molar-refractivity contribution in [2.24, 2.45) is 11.8 Å². The Morgan fingerprint density at radius 1 is 0.900 bits per heavy atom. The highest BCUT2D eigenvalue weighted by atomic mass is 16.2. The maximum absolute atomic E-state index is 12.8. The standard InChI is InChI=1S/C24H27N3O3/c1-16-15-21(16)23(29)26-19-9-7-18(8-10-19)24(30)27-13-11-20(12-14-27)25-22(28)17-5-3-2-4-6-17/h2-10,16,20-21H,11-15H2,1H3,(H,25,28)(H,26,29). The molecule has 2 aliphatic rings. The van der Waals surface area contributed by atoms with E-state index in [1.807, 2.05) is 23.1 Å². The van der Waals surface area contributed by atoms with Crippen molar-refractivity contribution in [3.8, 4) is 0 Å². The average Bonchev–Trinajstić information content (AvgIpc) is 3.52. The van der Waals surface area contributed by atoms with Gasteiger partial charge in [-0.05, 0) is 61.6 Å². The SMILES string of the molecule is CC1CC1C(=O)Nc1ccc(C(=O)N2CCC(NC(=O)c3ccccc3)CC2)cc1. The van der Waals surface area contributed by atoms with E-state index in [0.29, 0.717) is 30.1 Å². The van der Waals surface area contributed by atoms with Crippen molar-refractivity contribution >= 4 is 23.4 Å². The van der Waals surface area contributed by atoms with Crippen LogP contribution in [0.4, 0.5) is 5.69 Å². The number of carbonyl (C=O) groups is 3. The quantitative estimate of drug-likeness (QED) is 0.801. The first-order valence-corrected chi connectivity index (χ1v) is 10.6. The molecule has 3 amide bonds. The Balaban J connectivity index is 1.26. The van der Waals surface area contributed by atoms with Crippen molar-refractivity contribution in [1.82, 2.24) is 10.2 Å². The summed E-state index contributed by atoms with van der Waals surface area (Å²) in [6, 6.07) is 16.3. The summed E-state index contributed by atoms with van der Waals surface area (Å²) in [7, 11) is 0. The first kappa shape index (κ1) is 20.1. The Morgan fingerprint density at radius 2 is 1.53 bits per heavy atom. The Bertz CT molecular complexity index is 918. The number of benzene rings is 2. The largest absolute Gasteiger partial charge is 0.349 e. The number of rotatable bonds is 5. The highest BCUT2D eigenvalue weighted by Crippen LogP contribution is 2.38. The van der Waals surface area contributed by atoms with Crippen molar-refractivity contribution in [3.05, 3.63) is 65.7 Å². The van der Waals surface area contributed by atoms with E-state index in [1.54, 1.807) is 36.4 Å². The molecule has 2 atom stereocenters. The number of hydrogen-bond acceptors (Lipinski definition) is 3. The van der Waals surface area contributed by atoms with Gasteiger partial charge in [-0.3, -0.25) is 14.4 Å². The van der Waals surface area contributed by atoms with Gasteiger partial charge in [0.15, 0.2) is 0 Å². The highest BCUT2D eigenvalue weighted by molar-refractivity contribution is 5.97. The molecule has 0 aromatic heterocycles. The molecule has 6 nitrogen and oxygen atoms in total. The lowest BCUT2D eigenvalue weighted by atomic mass is 10.0. The van der Waals surface area contributed by atoms with E-state index in [4.69, 9.17) is 0 Å². The highest BCUT2D eigenvalue weighted by Gasteiger charge is 2.39. The van der Waals surface area contributed by atoms with Gasteiger partial charge in [0, 0.05) is 41.9 Å². The minimum absolute atomic E-state index is 0.0171. The second kappa shape index (κ2) is 8.69. The molecule has 6 heteroatoms. The van der Waals surface area contributed by atoms with Crippen LogP contribution in [-0.2, 0) is 4.79 Å². The van der Waals surface area contributed by atoms with Gasteiger partial charge in [0.2, 0.25) is 5.91 Å². The molecule has 30 heavy (non-hydrogen) atoms. The molecule has 2 N–H and O–H groups in total. The minimum Gasteiger partial charge on any atom is -0.349 e. The van der Waals surface area contributed by atoms with Gasteiger partial charge in [-0.2, -0.15) is 0 Å². The molecule has 1 heterocycles. The van der Waals surface area contributed by atoms with E-state index < -0.39 is 0 Å². The summed E-state index contributed by atoms with van der Waals surface area (Å²) in [6.07, 6.45) is 2.42. The normalized spacial score (nSPS) is 21.0. The van der Waals surface area contributed by atoms with Crippen LogP contribution < -0.4 is 10.6 Å². The predicted molar refractivity (Wildman–Crippen MR) is 115 cm³/mol. The molecule has 1 aliphatic heterocycles. The number of nitrogens with one attached hydrogen (secondary N) is 2. The van der Waals surface area contributed by atoms with Gasteiger partial charge >= 0.3 is 0 Å². The summed E-state index contributed by atoms with van der Waals surface area (Å²) < 4.78 is 0. The molecule has 1 saturated heterocycles. The third-order valence-electron chi connectivity index (χ3n) is 6.00. The number of piperidine rings is 1. The molecular weight excluding hydrogens is 378 g/mol. The summed E-state index contributed by atoms with van der Waals surface area (Å²) in [5.74, 6) is 0.553. The lowest BCUT2D eigenvalue weighted by molar-refractivity contribution is -0.117. The van der Waals surface area contributed by atoms with Crippen molar-refractivity contribution in [3.63, 3.8) is 0 Å². The minimum atomic E-state index is -0.0707.